The number of rotatable bonds is 10. The van der Waals surface area contributed by atoms with Crippen LogP contribution >= 0.6 is 0 Å². The van der Waals surface area contributed by atoms with Crippen molar-refractivity contribution in [1.29, 1.82) is 0 Å². The molecule has 0 bridgehead atoms. The molecule has 1 heterocycles. The molecule has 0 radical (unpaired) electrons. The van der Waals surface area contributed by atoms with Crippen LogP contribution in [-0.4, -0.2) is 47.2 Å². The Morgan fingerprint density at radius 1 is 1.17 bits per heavy atom. The molecule has 1 fully saturated rings. The average molecular weight is 430 g/mol. The van der Waals surface area contributed by atoms with Crippen LogP contribution < -0.4 is 0 Å². The van der Waals surface area contributed by atoms with E-state index >= 15 is 0 Å². The molecule has 0 N–H and O–H groups in total. The summed E-state index contributed by atoms with van der Waals surface area (Å²) in [7, 11) is -1.74. The number of hydrogen-bond acceptors (Lipinski definition) is 3. The van der Waals surface area contributed by atoms with Gasteiger partial charge in [-0.2, -0.15) is 4.31 Å². The third kappa shape index (κ3) is 6.06. The molecule has 0 saturated heterocycles. The maximum atomic E-state index is 13.2. The standard InChI is InChI=1S/C23H31N3O3S/c1-19(2)16-25(17-22-10-7-14-24(22)3)23(27)18-26(21-11-12-21)30(28,29)15-13-20-8-5-4-6-9-20/h4-10,13-15,19,21H,11-12,16-18H2,1-3H3/b15-13+. The molecule has 6 nitrogen and oxygen atoms in total. The third-order valence-corrected chi connectivity index (χ3v) is 6.71. The lowest BCUT2D eigenvalue weighted by Gasteiger charge is -2.28. The summed E-state index contributed by atoms with van der Waals surface area (Å²) in [5.74, 6) is 0.131. The van der Waals surface area contributed by atoms with Gasteiger partial charge in [-0.1, -0.05) is 44.2 Å². The predicted molar refractivity (Wildman–Crippen MR) is 120 cm³/mol. The van der Waals surface area contributed by atoms with E-state index in [0.717, 1.165) is 24.1 Å². The van der Waals surface area contributed by atoms with Gasteiger partial charge in [-0.05, 0) is 42.5 Å². The molecule has 1 amide bonds. The van der Waals surface area contributed by atoms with Crippen LogP contribution in [0.3, 0.4) is 0 Å². The fourth-order valence-electron chi connectivity index (χ4n) is 3.38. The molecule has 3 rings (SSSR count). The zero-order valence-corrected chi connectivity index (χ0v) is 18.8. The third-order valence-electron chi connectivity index (χ3n) is 5.15. The van der Waals surface area contributed by atoms with Gasteiger partial charge in [0.1, 0.15) is 0 Å². The van der Waals surface area contributed by atoms with E-state index in [2.05, 4.69) is 13.8 Å². The summed E-state index contributed by atoms with van der Waals surface area (Å²) in [5.41, 5.74) is 1.84. The molecule has 1 aromatic carbocycles. The zero-order chi connectivity index (χ0) is 21.7. The summed E-state index contributed by atoms with van der Waals surface area (Å²) in [4.78, 5) is 14.9. The van der Waals surface area contributed by atoms with Crippen LogP contribution in [0.1, 0.15) is 37.9 Å². The van der Waals surface area contributed by atoms with Crippen molar-refractivity contribution in [3.8, 4) is 0 Å². The van der Waals surface area contributed by atoms with Crippen LogP contribution in [0.25, 0.3) is 6.08 Å². The number of amides is 1. The number of hydrogen-bond donors (Lipinski definition) is 0. The van der Waals surface area contributed by atoms with Crippen molar-refractivity contribution in [2.75, 3.05) is 13.1 Å². The maximum absolute atomic E-state index is 13.2. The van der Waals surface area contributed by atoms with Gasteiger partial charge in [0.05, 0.1) is 13.1 Å². The highest BCUT2D eigenvalue weighted by Crippen LogP contribution is 2.30. The van der Waals surface area contributed by atoms with E-state index in [1.165, 1.54) is 9.71 Å². The van der Waals surface area contributed by atoms with Gasteiger partial charge < -0.3 is 9.47 Å². The Labute approximate surface area is 179 Å². The molecule has 1 aliphatic carbocycles. The monoisotopic (exact) mass is 429 g/mol. The van der Waals surface area contributed by atoms with Crippen molar-refractivity contribution in [2.45, 2.75) is 39.3 Å². The first-order valence-electron chi connectivity index (χ1n) is 10.4. The van der Waals surface area contributed by atoms with Gasteiger partial charge in [-0.25, -0.2) is 8.42 Å². The molecule has 0 aliphatic heterocycles. The molecule has 1 aromatic heterocycles. The fourth-order valence-corrected chi connectivity index (χ4v) is 4.78. The molecule has 7 heteroatoms. The van der Waals surface area contributed by atoms with E-state index in [1.54, 1.807) is 11.0 Å². The van der Waals surface area contributed by atoms with Crippen LogP contribution in [0.15, 0.2) is 54.1 Å². The lowest BCUT2D eigenvalue weighted by atomic mass is 10.2. The van der Waals surface area contributed by atoms with E-state index in [1.807, 2.05) is 60.3 Å². The molecule has 2 aromatic rings. The Balaban J connectivity index is 1.75. The zero-order valence-electron chi connectivity index (χ0n) is 17.9. The van der Waals surface area contributed by atoms with Gasteiger partial charge in [-0.15, -0.1) is 0 Å². The number of aryl methyl sites for hydroxylation is 1. The second-order valence-electron chi connectivity index (χ2n) is 8.31. The lowest BCUT2D eigenvalue weighted by molar-refractivity contribution is -0.132. The molecule has 162 valence electrons. The maximum Gasteiger partial charge on any atom is 0.238 e. The van der Waals surface area contributed by atoms with E-state index in [4.69, 9.17) is 0 Å². The smallest absolute Gasteiger partial charge is 0.238 e. The summed E-state index contributed by atoms with van der Waals surface area (Å²) in [6, 6.07) is 13.2. The Kier molecular flexibility index (Phi) is 7.15. The highest BCUT2D eigenvalue weighted by molar-refractivity contribution is 7.92. The average Bonchev–Trinajstić information content (AvgIpc) is 3.46. The van der Waals surface area contributed by atoms with E-state index in [0.29, 0.717) is 13.1 Å². The summed E-state index contributed by atoms with van der Waals surface area (Å²) < 4.78 is 29.4. The molecule has 0 atom stereocenters. The van der Waals surface area contributed by atoms with Crippen molar-refractivity contribution in [3.05, 3.63) is 65.3 Å². The van der Waals surface area contributed by atoms with Crippen LogP contribution in [0.2, 0.25) is 0 Å². The lowest BCUT2D eigenvalue weighted by Crippen LogP contribution is -2.44. The molecular formula is C23H31N3O3S. The Morgan fingerprint density at radius 3 is 2.43 bits per heavy atom. The quantitative estimate of drug-likeness (QED) is 0.581. The summed E-state index contributed by atoms with van der Waals surface area (Å²) >= 11 is 0. The van der Waals surface area contributed by atoms with Crippen LogP contribution in [0.4, 0.5) is 0 Å². The van der Waals surface area contributed by atoms with Crippen LogP contribution in [-0.2, 0) is 28.4 Å². The molecule has 1 aliphatic rings. The molecule has 0 spiro atoms. The van der Waals surface area contributed by atoms with Gasteiger partial charge in [-0.3, -0.25) is 4.79 Å². The Hall–Kier alpha value is -2.38. The van der Waals surface area contributed by atoms with Gasteiger partial charge in [0.15, 0.2) is 0 Å². The van der Waals surface area contributed by atoms with Gasteiger partial charge in [0.25, 0.3) is 0 Å². The number of aromatic nitrogens is 1. The van der Waals surface area contributed by atoms with Crippen molar-refractivity contribution in [3.63, 3.8) is 0 Å². The predicted octanol–water partition coefficient (Wildman–Crippen LogP) is 3.47. The normalized spacial score (nSPS) is 14.7. The Bertz CT molecular complexity index is 976. The molecule has 0 unspecified atom stereocenters. The number of nitrogens with zero attached hydrogens (tertiary/aromatic N) is 3. The highest BCUT2D eigenvalue weighted by Gasteiger charge is 2.38. The Morgan fingerprint density at radius 2 is 1.87 bits per heavy atom. The van der Waals surface area contributed by atoms with Crippen molar-refractivity contribution in [1.82, 2.24) is 13.8 Å². The minimum atomic E-state index is -3.68. The topological polar surface area (TPSA) is 62.6 Å². The summed E-state index contributed by atoms with van der Waals surface area (Å²) in [6.45, 7) is 5.05. The first-order chi connectivity index (χ1) is 14.3. The fraction of sp³-hybridized carbons (Fsp3) is 0.435. The molecule has 1 saturated carbocycles. The number of carbonyl (C=O) groups is 1. The number of carbonyl (C=O) groups excluding carboxylic acids is 1. The second kappa shape index (κ2) is 9.62. The largest absolute Gasteiger partial charge is 0.353 e. The van der Waals surface area contributed by atoms with E-state index < -0.39 is 10.0 Å². The van der Waals surface area contributed by atoms with Crippen LogP contribution in [0.5, 0.6) is 0 Å². The summed E-state index contributed by atoms with van der Waals surface area (Å²) in [6.07, 6.45) is 5.13. The van der Waals surface area contributed by atoms with Crippen molar-refractivity contribution < 1.29 is 13.2 Å². The first kappa shape index (κ1) is 22.3. The molecular weight excluding hydrogens is 398 g/mol. The van der Waals surface area contributed by atoms with Crippen molar-refractivity contribution in [2.24, 2.45) is 13.0 Å². The SMILES string of the molecule is CC(C)CN(Cc1cccn1C)C(=O)CN(C1CC1)S(=O)(=O)/C=C/c1ccccc1. The number of benzene rings is 1. The van der Waals surface area contributed by atoms with Crippen molar-refractivity contribution >= 4 is 22.0 Å². The van der Waals surface area contributed by atoms with E-state index in [9.17, 15) is 13.2 Å². The van der Waals surface area contributed by atoms with E-state index in [-0.39, 0.29) is 24.4 Å². The minimum Gasteiger partial charge on any atom is -0.353 e. The second-order valence-corrected chi connectivity index (χ2v) is 10.1. The van der Waals surface area contributed by atoms with Gasteiger partial charge >= 0.3 is 0 Å². The van der Waals surface area contributed by atoms with Gasteiger partial charge in [0.2, 0.25) is 15.9 Å². The molecule has 30 heavy (non-hydrogen) atoms. The minimum absolute atomic E-state index is 0.0877. The number of sulfonamides is 1. The first-order valence-corrected chi connectivity index (χ1v) is 11.9. The highest BCUT2D eigenvalue weighted by atomic mass is 32.2. The van der Waals surface area contributed by atoms with Crippen LogP contribution in [0, 0.1) is 5.92 Å². The summed E-state index contributed by atoms with van der Waals surface area (Å²) in [5, 5.41) is 1.22. The van der Waals surface area contributed by atoms with Gasteiger partial charge in [0, 0.05) is 36.9 Å².